The van der Waals surface area contributed by atoms with Crippen LogP contribution >= 0.6 is 0 Å². The lowest BCUT2D eigenvalue weighted by Gasteiger charge is -2.31. The normalized spacial score (nSPS) is 18.8. The van der Waals surface area contributed by atoms with Crippen molar-refractivity contribution in [3.05, 3.63) is 54.1 Å². The van der Waals surface area contributed by atoms with Crippen LogP contribution in [0, 0.1) is 0 Å². The van der Waals surface area contributed by atoms with Crippen LogP contribution in [-0.4, -0.2) is 28.5 Å². The number of carbonyl (C=O) groups is 2. The van der Waals surface area contributed by atoms with Crippen molar-refractivity contribution in [1.29, 1.82) is 0 Å². The molecule has 4 heteroatoms. The molecule has 1 aliphatic rings. The van der Waals surface area contributed by atoms with E-state index in [-0.39, 0.29) is 11.9 Å². The van der Waals surface area contributed by atoms with Crippen molar-refractivity contribution in [2.45, 2.75) is 38.8 Å². The Morgan fingerprint density at radius 2 is 1.95 bits per heavy atom. The average Bonchev–Trinajstić information content (AvgIpc) is 2.44. The first-order valence-corrected chi connectivity index (χ1v) is 7.33. The first-order valence-electron chi connectivity index (χ1n) is 7.33. The molecule has 1 atom stereocenters. The van der Waals surface area contributed by atoms with Crippen LogP contribution in [0.5, 0.6) is 0 Å². The Balaban J connectivity index is 2.17. The molecule has 0 saturated heterocycles. The minimum absolute atomic E-state index is 0.326. The topological polar surface area (TPSA) is 46.6 Å². The lowest BCUT2D eigenvalue weighted by atomic mass is 10.1. The zero-order valence-electron chi connectivity index (χ0n) is 13.2. The summed E-state index contributed by atoms with van der Waals surface area (Å²) in [6.07, 6.45) is 6.95. The van der Waals surface area contributed by atoms with E-state index in [0.29, 0.717) is 6.42 Å². The summed E-state index contributed by atoms with van der Waals surface area (Å²) >= 11 is 0. The van der Waals surface area contributed by atoms with Gasteiger partial charge in [0, 0.05) is 0 Å². The average molecular weight is 299 g/mol. The molecule has 0 radical (unpaired) electrons. The summed E-state index contributed by atoms with van der Waals surface area (Å²) in [5.41, 5.74) is 0.389. The lowest BCUT2D eigenvalue weighted by Crippen LogP contribution is -2.47. The monoisotopic (exact) mass is 299 g/mol. The third kappa shape index (κ3) is 4.32. The van der Waals surface area contributed by atoms with Crippen LogP contribution < -0.4 is 0 Å². The van der Waals surface area contributed by atoms with Crippen molar-refractivity contribution >= 4 is 18.1 Å². The highest BCUT2D eigenvalue weighted by Gasteiger charge is 2.32. The number of benzene rings is 1. The molecule has 0 N–H and O–H groups in total. The molecule has 116 valence electrons. The maximum Gasteiger partial charge on any atom is 0.417 e. The molecule has 1 aliphatic heterocycles. The van der Waals surface area contributed by atoms with Crippen LogP contribution in [-0.2, 0) is 9.53 Å². The third-order valence-electron chi connectivity index (χ3n) is 3.11. The molecule has 2 rings (SSSR count). The van der Waals surface area contributed by atoms with E-state index in [9.17, 15) is 9.59 Å². The van der Waals surface area contributed by atoms with E-state index in [1.54, 1.807) is 26.8 Å². The fraction of sp³-hybridized carbons (Fsp3) is 0.333. The fourth-order valence-electron chi connectivity index (χ4n) is 2.14. The van der Waals surface area contributed by atoms with Crippen LogP contribution in [0.1, 0.15) is 32.8 Å². The van der Waals surface area contributed by atoms with Gasteiger partial charge in [-0.1, -0.05) is 48.6 Å². The summed E-state index contributed by atoms with van der Waals surface area (Å²) in [5, 5.41) is 0. The van der Waals surface area contributed by atoms with Gasteiger partial charge in [0.25, 0.3) is 5.91 Å². The number of imide groups is 1. The highest BCUT2D eigenvalue weighted by molar-refractivity contribution is 6.00. The highest BCUT2D eigenvalue weighted by atomic mass is 16.6. The van der Waals surface area contributed by atoms with E-state index >= 15 is 0 Å². The molecule has 22 heavy (non-hydrogen) atoms. The van der Waals surface area contributed by atoms with Gasteiger partial charge in [-0.25, -0.2) is 9.69 Å². The summed E-state index contributed by atoms with van der Waals surface area (Å²) in [6.45, 7) is 5.35. The Morgan fingerprint density at radius 3 is 2.59 bits per heavy atom. The Labute approximate surface area is 131 Å². The highest BCUT2D eigenvalue weighted by Crippen LogP contribution is 2.19. The number of amides is 2. The molecule has 0 saturated carbocycles. The van der Waals surface area contributed by atoms with E-state index in [1.807, 2.05) is 42.5 Å². The van der Waals surface area contributed by atoms with Crippen LogP contribution in [0.15, 0.2) is 48.6 Å². The summed E-state index contributed by atoms with van der Waals surface area (Å²) in [7, 11) is 0. The fourth-order valence-corrected chi connectivity index (χ4v) is 2.14. The van der Waals surface area contributed by atoms with Gasteiger partial charge >= 0.3 is 6.09 Å². The largest absolute Gasteiger partial charge is 0.443 e. The van der Waals surface area contributed by atoms with E-state index in [4.69, 9.17) is 4.74 Å². The molecule has 0 bridgehead atoms. The molecule has 0 unspecified atom stereocenters. The van der Waals surface area contributed by atoms with Crippen LogP contribution in [0.3, 0.4) is 0 Å². The first-order chi connectivity index (χ1) is 10.4. The number of hydrogen-bond donors (Lipinski definition) is 0. The second kappa shape index (κ2) is 6.60. The molecule has 2 amide bonds. The molecule has 0 aromatic heterocycles. The third-order valence-corrected chi connectivity index (χ3v) is 3.11. The minimum Gasteiger partial charge on any atom is -0.443 e. The van der Waals surface area contributed by atoms with Gasteiger partial charge in [0.2, 0.25) is 0 Å². The van der Waals surface area contributed by atoms with Gasteiger partial charge in [-0.2, -0.15) is 0 Å². The zero-order chi connectivity index (χ0) is 16.2. The van der Waals surface area contributed by atoms with Crippen molar-refractivity contribution in [3.8, 4) is 0 Å². The summed E-state index contributed by atoms with van der Waals surface area (Å²) in [6, 6.07) is 9.43. The number of rotatable bonds is 2. The molecule has 1 aromatic rings. The van der Waals surface area contributed by atoms with E-state index in [2.05, 4.69) is 0 Å². The van der Waals surface area contributed by atoms with Crippen molar-refractivity contribution < 1.29 is 14.3 Å². The van der Waals surface area contributed by atoms with Gasteiger partial charge < -0.3 is 4.74 Å². The summed E-state index contributed by atoms with van der Waals surface area (Å²) < 4.78 is 5.33. The predicted molar refractivity (Wildman–Crippen MR) is 86.1 cm³/mol. The number of hydrogen-bond acceptors (Lipinski definition) is 3. The zero-order valence-corrected chi connectivity index (χ0v) is 13.2. The number of carbonyl (C=O) groups excluding carboxylic acids is 2. The van der Waals surface area contributed by atoms with E-state index < -0.39 is 11.7 Å². The number of ether oxygens (including phenoxy) is 1. The summed E-state index contributed by atoms with van der Waals surface area (Å²) in [4.78, 5) is 25.5. The molecule has 0 spiro atoms. The molecule has 4 nitrogen and oxygen atoms in total. The van der Waals surface area contributed by atoms with Gasteiger partial charge in [0.05, 0.1) is 6.04 Å². The Hall–Kier alpha value is -2.36. The van der Waals surface area contributed by atoms with Crippen molar-refractivity contribution in [2.24, 2.45) is 0 Å². The van der Waals surface area contributed by atoms with E-state index in [1.165, 1.54) is 11.0 Å². The summed E-state index contributed by atoms with van der Waals surface area (Å²) in [5.74, 6) is -0.344. The quantitative estimate of drug-likeness (QED) is 0.834. The standard InChI is InChI=1S/C18H21NO3/c1-18(2,3)22-17(21)19-15(10-7-11-16(19)20)13-12-14-8-5-4-6-9-14/h4-9,11-13,15H,10H2,1-3H3/b13-12+/t15-/m1/s1. The van der Waals surface area contributed by atoms with Gasteiger partial charge in [-0.15, -0.1) is 0 Å². The SMILES string of the molecule is CC(C)(C)OC(=O)N1C(=O)C=CC[C@@H]1/C=C/c1ccccc1. The smallest absolute Gasteiger partial charge is 0.417 e. The van der Waals surface area contributed by atoms with Crippen molar-refractivity contribution in [3.63, 3.8) is 0 Å². The van der Waals surface area contributed by atoms with Crippen LogP contribution in [0.4, 0.5) is 4.79 Å². The first kappa shape index (κ1) is 16.0. The van der Waals surface area contributed by atoms with Gasteiger partial charge in [0.15, 0.2) is 0 Å². The molecular formula is C18H21NO3. The maximum atomic E-state index is 12.3. The molecule has 0 aliphatic carbocycles. The van der Waals surface area contributed by atoms with Crippen molar-refractivity contribution in [1.82, 2.24) is 4.90 Å². The maximum absolute atomic E-state index is 12.3. The molecule has 1 heterocycles. The predicted octanol–water partition coefficient (Wildman–Crippen LogP) is 3.79. The Morgan fingerprint density at radius 1 is 1.27 bits per heavy atom. The molecular weight excluding hydrogens is 278 g/mol. The Bertz CT molecular complexity index is 597. The van der Waals surface area contributed by atoms with Gasteiger partial charge in [-0.3, -0.25) is 4.79 Å². The van der Waals surface area contributed by atoms with E-state index in [0.717, 1.165) is 5.56 Å². The Kier molecular flexibility index (Phi) is 4.81. The lowest BCUT2D eigenvalue weighted by molar-refractivity contribution is -0.127. The van der Waals surface area contributed by atoms with Crippen LogP contribution in [0.2, 0.25) is 0 Å². The molecule has 1 aromatic carbocycles. The second-order valence-corrected chi connectivity index (χ2v) is 6.16. The van der Waals surface area contributed by atoms with Gasteiger partial charge in [-0.05, 0) is 38.8 Å². The van der Waals surface area contributed by atoms with Crippen molar-refractivity contribution in [2.75, 3.05) is 0 Å². The van der Waals surface area contributed by atoms with Crippen LogP contribution in [0.25, 0.3) is 6.08 Å². The minimum atomic E-state index is -0.633. The molecule has 0 fully saturated rings. The number of nitrogens with zero attached hydrogens (tertiary/aromatic N) is 1. The van der Waals surface area contributed by atoms with Gasteiger partial charge in [0.1, 0.15) is 5.60 Å². The second-order valence-electron chi connectivity index (χ2n) is 6.16.